The Bertz CT molecular complexity index is 1430. The molecule has 4 aromatic rings. The number of piperazine rings is 1. The van der Waals surface area contributed by atoms with Crippen molar-refractivity contribution in [2.45, 2.75) is 17.3 Å². The van der Waals surface area contributed by atoms with E-state index in [1.165, 1.54) is 34.6 Å². The summed E-state index contributed by atoms with van der Waals surface area (Å²) in [5, 5.41) is 8.74. The second kappa shape index (κ2) is 11.3. The average molecular weight is 560 g/mol. The van der Waals surface area contributed by atoms with Crippen LogP contribution in [0.5, 0.6) is 5.75 Å². The van der Waals surface area contributed by atoms with Gasteiger partial charge in [0, 0.05) is 44.3 Å². The molecule has 0 saturated carbocycles. The number of hydrogen-bond donors (Lipinski definition) is 0. The summed E-state index contributed by atoms with van der Waals surface area (Å²) < 4.78 is 57.3. The van der Waals surface area contributed by atoms with Crippen LogP contribution in [0.25, 0.3) is 5.69 Å². The molecule has 0 aliphatic carbocycles. The highest BCUT2D eigenvalue weighted by Crippen LogP contribution is 2.27. The van der Waals surface area contributed by atoms with Gasteiger partial charge in [-0.15, -0.1) is 18.3 Å². The minimum Gasteiger partial charge on any atom is -0.406 e. The molecule has 2 aromatic carbocycles. The number of alkyl halides is 3. The highest BCUT2D eigenvalue weighted by atomic mass is 32.2. The van der Waals surface area contributed by atoms with Gasteiger partial charge in [0.2, 0.25) is 0 Å². The Labute approximate surface area is 224 Å². The molecule has 1 saturated heterocycles. The quantitative estimate of drug-likeness (QED) is 0.188. The lowest BCUT2D eigenvalue weighted by atomic mass is 10.2. The van der Waals surface area contributed by atoms with Crippen LogP contribution < -0.4 is 9.64 Å². The summed E-state index contributed by atoms with van der Waals surface area (Å²) in [7, 11) is 0. The number of halogens is 4. The van der Waals surface area contributed by atoms with Crippen molar-refractivity contribution in [3.05, 3.63) is 84.2 Å². The van der Waals surface area contributed by atoms with Gasteiger partial charge >= 0.3 is 6.36 Å². The minimum atomic E-state index is -4.82. The molecule has 0 N–H and O–H groups in total. The number of rotatable bonds is 7. The molecule has 3 heterocycles. The number of benzene rings is 2. The highest BCUT2D eigenvalue weighted by molar-refractivity contribution is 7.98. The van der Waals surface area contributed by atoms with E-state index in [1.807, 2.05) is 4.90 Å². The molecule has 202 valence electrons. The first-order valence-electron chi connectivity index (χ1n) is 11.8. The number of carbonyl (C=O) groups excluding carboxylic acids is 1. The summed E-state index contributed by atoms with van der Waals surface area (Å²) >= 11 is 1.26. The van der Waals surface area contributed by atoms with Crippen LogP contribution in [-0.4, -0.2) is 68.3 Å². The number of thioether (sulfide) groups is 1. The number of nitrogens with zero attached hydrogens (tertiary/aromatic N) is 7. The molecule has 39 heavy (non-hydrogen) atoms. The lowest BCUT2D eigenvalue weighted by molar-refractivity contribution is -0.274. The second-order valence-electron chi connectivity index (χ2n) is 8.39. The largest absolute Gasteiger partial charge is 0.573 e. The molecule has 0 bridgehead atoms. The van der Waals surface area contributed by atoms with Gasteiger partial charge < -0.3 is 14.5 Å². The number of amides is 1. The van der Waals surface area contributed by atoms with Crippen molar-refractivity contribution in [3.8, 4) is 11.4 Å². The van der Waals surface area contributed by atoms with Crippen LogP contribution in [-0.2, 0) is 5.75 Å². The Morgan fingerprint density at radius 1 is 0.949 bits per heavy atom. The lowest BCUT2D eigenvalue weighted by Gasteiger charge is -2.36. The molecule has 1 aliphatic rings. The van der Waals surface area contributed by atoms with E-state index in [2.05, 4.69) is 25.0 Å². The smallest absolute Gasteiger partial charge is 0.406 e. The van der Waals surface area contributed by atoms with Gasteiger partial charge in [0.25, 0.3) is 5.91 Å². The van der Waals surface area contributed by atoms with Crippen LogP contribution in [0.4, 0.5) is 23.2 Å². The van der Waals surface area contributed by atoms with Crippen LogP contribution in [0.2, 0.25) is 0 Å². The third-order valence-electron chi connectivity index (χ3n) is 5.92. The molecular weight excluding hydrogens is 538 g/mol. The topological polar surface area (TPSA) is 89.3 Å². The molecule has 14 heteroatoms. The predicted molar refractivity (Wildman–Crippen MR) is 134 cm³/mol. The van der Waals surface area contributed by atoms with Crippen molar-refractivity contribution >= 4 is 23.4 Å². The Morgan fingerprint density at radius 3 is 2.31 bits per heavy atom. The molecule has 0 radical (unpaired) electrons. The van der Waals surface area contributed by atoms with Gasteiger partial charge in [0.1, 0.15) is 11.6 Å². The molecular formula is C25H21F4N7O2S. The summed E-state index contributed by atoms with van der Waals surface area (Å²) in [5.74, 6) is -0.844. The number of hydrogen-bond acceptors (Lipinski definition) is 8. The van der Waals surface area contributed by atoms with Crippen molar-refractivity contribution in [2.24, 2.45) is 0 Å². The number of carbonyl (C=O) groups is 1. The van der Waals surface area contributed by atoms with Gasteiger partial charge in [0.15, 0.2) is 10.9 Å². The van der Waals surface area contributed by atoms with Gasteiger partial charge in [-0.2, -0.15) is 0 Å². The molecule has 9 nitrogen and oxygen atoms in total. The van der Waals surface area contributed by atoms with Crippen molar-refractivity contribution in [2.75, 3.05) is 31.1 Å². The van der Waals surface area contributed by atoms with Crippen molar-refractivity contribution in [1.82, 2.24) is 29.9 Å². The van der Waals surface area contributed by atoms with E-state index in [0.717, 1.165) is 12.1 Å². The molecule has 0 atom stereocenters. The van der Waals surface area contributed by atoms with Crippen LogP contribution in [0, 0.1) is 5.82 Å². The van der Waals surface area contributed by atoms with Gasteiger partial charge in [-0.1, -0.05) is 29.1 Å². The van der Waals surface area contributed by atoms with Gasteiger partial charge in [0.05, 0.1) is 17.1 Å². The van der Waals surface area contributed by atoms with E-state index in [9.17, 15) is 22.4 Å². The molecule has 1 amide bonds. The maximum absolute atomic E-state index is 14.2. The second-order valence-corrected chi connectivity index (χ2v) is 9.33. The summed E-state index contributed by atoms with van der Waals surface area (Å²) in [4.78, 5) is 25.4. The summed E-state index contributed by atoms with van der Waals surface area (Å²) in [5.41, 5.74) is 1.41. The number of aromatic nitrogens is 5. The van der Waals surface area contributed by atoms with Gasteiger partial charge in [-0.3, -0.25) is 4.79 Å². The first kappa shape index (κ1) is 26.4. The third kappa shape index (κ3) is 6.28. The van der Waals surface area contributed by atoms with Crippen molar-refractivity contribution in [1.29, 1.82) is 0 Å². The molecule has 2 aromatic heterocycles. The summed E-state index contributed by atoms with van der Waals surface area (Å²) in [6.45, 7) is 1.56. The zero-order valence-electron chi connectivity index (χ0n) is 20.3. The SMILES string of the molecule is O=C(c1nnn(-c2ccc(OC(F)(F)F)cc2)c1CSc1ncccn1)N1CCN(c2ccccc2F)CC1. The van der Waals surface area contributed by atoms with Gasteiger partial charge in [-0.05, 0) is 42.5 Å². The zero-order valence-corrected chi connectivity index (χ0v) is 21.1. The minimum absolute atomic E-state index is 0.105. The Hall–Kier alpha value is -4.20. The molecule has 5 rings (SSSR count). The molecule has 1 aliphatic heterocycles. The van der Waals surface area contributed by atoms with Crippen LogP contribution in [0.15, 0.2) is 72.1 Å². The zero-order chi connectivity index (χ0) is 27.4. The van der Waals surface area contributed by atoms with E-state index >= 15 is 0 Å². The average Bonchev–Trinajstić information content (AvgIpc) is 3.36. The van der Waals surface area contributed by atoms with Crippen LogP contribution in [0.1, 0.15) is 16.2 Å². The van der Waals surface area contributed by atoms with Crippen LogP contribution >= 0.6 is 11.8 Å². The fraction of sp³-hybridized carbons (Fsp3) is 0.240. The number of anilines is 1. The Morgan fingerprint density at radius 2 is 1.64 bits per heavy atom. The molecule has 0 unspecified atom stereocenters. The fourth-order valence-corrected chi connectivity index (χ4v) is 4.89. The maximum Gasteiger partial charge on any atom is 0.573 e. The number of ether oxygens (including phenoxy) is 1. The summed E-state index contributed by atoms with van der Waals surface area (Å²) in [6, 6.07) is 13.3. The van der Waals surface area contributed by atoms with E-state index in [-0.39, 0.29) is 28.9 Å². The maximum atomic E-state index is 14.2. The predicted octanol–water partition coefficient (Wildman–Crippen LogP) is 4.35. The highest BCUT2D eigenvalue weighted by Gasteiger charge is 2.31. The Balaban J connectivity index is 1.38. The van der Waals surface area contributed by atoms with Crippen molar-refractivity contribution < 1.29 is 27.1 Å². The third-order valence-corrected chi connectivity index (χ3v) is 6.81. The lowest BCUT2D eigenvalue weighted by Crippen LogP contribution is -2.49. The fourth-order valence-electron chi connectivity index (χ4n) is 4.09. The Kier molecular flexibility index (Phi) is 7.63. The molecule has 0 spiro atoms. The monoisotopic (exact) mass is 559 g/mol. The summed E-state index contributed by atoms with van der Waals surface area (Å²) in [6.07, 6.45) is -1.64. The first-order valence-corrected chi connectivity index (χ1v) is 12.8. The van der Waals surface area contributed by atoms with Crippen molar-refractivity contribution in [3.63, 3.8) is 0 Å². The van der Waals surface area contributed by atoms with Crippen LogP contribution in [0.3, 0.4) is 0 Å². The van der Waals surface area contributed by atoms with E-state index in [4.69, 9.17) is 0 Å². The number of para-hydroxylation sites is 1. The van der Waals surface area contributed by atoms with E-state index < -0.39 is 6.36 Å². The first-order chi connectivity index (χ1) is 18.8. The van der Waals surface area contributed by atoms with E-state index in [0.29, 0.717) is 48.4 Å². The van der Waals surface area contributed by atoms with E-state index in [1.54, 1.807) is 41.6 Å². The normalized spacial score (nSPS) is 13.9. The van der Waals surface area contributed by atoms with Gasteiger partial charge in [-0.25, -0.2) is 19.0 Å². The standard InChI is InChI=1S/C25H21F4N7O2S/c26-19-4-1-2-5-20(19)34-12-14-35(15-13-34)23(37)22-21(16-39-24-30-10-3-11-31-24)36(33-32-22)17-6-8-18(9-7-17)38-25(27,28)29/h1-11H,12-16H2. The molecule has 1 fully saturated rings.